The van der Waals surface area contributed by atoms with Gasteiger partial charge < -0.3 is 20.5 Å². The van der Waals surface area contributed by atoms with Crippen molar-refractivity contribution >= 4 is 49.3 Å². The number of pyridine rings is 1. The lowest BCUT2D eigenvalue weighted by Crippen LogP contribution is -2.34. The van der Waals surface area contributed by atoms with Gasteiger partial charge in [0.25, 0.3) is 0 Å². The molecule has 0 radical (unpaired) electrons. The maximum absolute atomic E-state index is 7.53. The fourth-order valence-corrected chi connectivity index (χ4v) is 3.74. The average Bonchev–Trinajstić information content (AvgIpc) is 3.35. The van der Waals surface area contributed by atoms with E-state index in [1.807, 2.05) is 30.3 Å². The van der Waals surface area contributed by atoms with Crippen LogP contribution >= 0.6 is 31.9 Å². The third kappa shape index (κ3) is 4.02. The summed E-state index contributed by atoms with van der Waals surface area (Å²) < 4.78 is 7.35. The number of rotatable bonds is 4. The van der Waals surface area contributed by atoms with Gasteiger partial charge in [-0.15, -0.1) is 0 Å². The maximum atomic E-state index is 7.53. The summed E-state index contributed by atoms with van der Waals surface area (Å²) in [6.45, 7) is 1.35. The molecular weight excluding hydrogens is 490 g/mol. The Balaban J connectivity index is 1.47. The molecule has 3 heterocycles. The van der Waals surface area contributed by atoms with Gasteiger partial charge in [-0.3, -0.25) is 5.41 Å². The van der Waals surface area contributed by atoms with Crippen molar-refractivity contribution in [1.82, 2.24) is 20.0 Å². The minimum atomic E-state index is 0.0756. The van der Waals surface area contributed by atoms with Gasteiger partial charge in [0.05, 0.1) is 11.6 Å². The molecule has 3 aromatic rings. The number of guanidine groups is 1. The van der Waals surface area contributed by atoms with Gasteiger partial charge in [-0.05, 0) is 52.7 Å². The zero-order valence-corrected chi connectivity index (χ0v) is 17.9. The van der Waals surface area contributed by atoms with Crippen molar-refractivity contribution in [3.8, 4) is 11.4 Å². The first kappa shape index (κ1) is 18.9. The predicted molar refractivity (Wildman–Crippen MR) is 113 cm³/mol. The van der Waals surface area contributed by atoms with E-state index in [-0.39, 0.29) is 11.9 Å². The van der Waals surface area contributed by atoms with Crippen LogP contribution in [0.4, 0.5) is 11.5 Å². The summed E-state index contributed by atoms with van der Waals surface area (Å²) >= 11 is 6.98. The number of hydrogen-bond donors (Lipinski definition) is 3. The highest BCUT2D eigenvalue weighted by Gasteiger charge is 2.29. The van der Waals surface area contributed by atoms with Crippen LogP contribution in [-0.2, 0) is 0 Å². The fraction of sp³-hybridized carbons (Fsp3) is 0.222. The minimum Gasteiger partial charge on any atom is -0.370 e. The normalized spacial score (nSPS) is 16.4. The SMILES string of the molecule is N=C(N)N1CCC(c2nc(-c3ccc(Nc4cc(Br)ccc4Br)nc3)no2)C1. The Morgan fingerprint density at radius 1 is 1.29 bits per heavy atom. The van der Waals surface area contributed by atoms with Gasteiger partial charge in [-0.1, -0.05) is 21.1 Å². The number of likely N-dealkylation sites (tertiary alicyclic amines) is 1. The summed E-state index contributed by atoms with van der Waals surface area (Å²) in [5.74, 6) is 1.94. The molecule has 8 nitrogen and oxygen atoms in total. The fourth-order valence-electron chi connectivity index (χ4n) is 3.03. The van der Waals surface area contributed by atoms with Crippen molar-refractivity contribution in [3.05, 3.63) is 51.4 Å². The number of aromatic nitrogens is 3. The van der Waals surface area contributed by atoms with Crippen LogP contribution in [0.3, 0.4) is 0 Å². The number of nitrogens with two attached hydrogens (primary N) is 1. The van der Waals surface area contributed by atoms with Gasteiger partial charge in [0, 0.05) is 33.8 Å². The van der Waals surface area contributed by atoms with Crippen LogP contribution in [0.2, 0.25) is 0 Å². The van der Waals surface area contributed by atoms with E-state index in [0.29, 0.717) is 24.1 Å². The van der Waals surface area contributed by atoms with Crippen molar-refractivity contribution in [1.29, 1.82) is 5.41 Å². The zero-order chi connectivity index (χ0) is 19.7. The van der Waals surface area contributed by atoms with E-state index in [9.17, 15) is 0 Å². The van der Waals surface area contributed by atoms with E-state index in [0.717, 1.165) is 33.2 Å². The number of benzene rings is 1. The van der Waals surface area contributed by atoms with Crippen molar-refractivity contribution in [2.75, 3.05) is 18.4 Å². The van der Waals surface area contributed by atoms with Gasteiger partial charge in [-0.2, -0.15) is 4.98 Å². The molecule has 4 N–H and O–H groups in total. The van der Waals surface area contributed by atoms with Crippen molar-refractivity contribution < 1.29 is 4.52 Å². The highest BCUT2D eigenvalue weighted by atomic mass is 79.9. The maximum Gasteiger partial charge on any atom is 0.231 e. The Hall–Kier alpha value is -2.46. The summed E-state index contributed by atoms with van der Waals surface area (Å²) in [6.07, 6.45) is 2.54. The molecule has 0 bridgehead atoms. The minimum absolute atomic E-state index is 0.0756. The van der Waals surface area contributed by atoms with E-state index >= 15 is 0 Å². The summed E-state index contributed by atoms with van der Waals surface area (Å²) in [5.41, 5.74) is 7.23. The molecule has 1 aromatic carbocycles. The van der Waals surface area contributed by atoms with Crippen molar-refractivity contribution in [2.45, 2.75) is 12.3 Å². The number of nitrogens with one attached hydrogen (secondary N) is 2. The molecule has 0 spiro atoms. The lowest BCUT2D eigenvalue weighted by atomic mass is 10.1. The molecule has 1 aliphatic rings. The topological polar surface area (TPSA) is 117 Å². The van der Waals surface area contributed by atoms with E-state index in [1.54, 1.807) is 11.1 Å². The lowest BCUT2D eigenvalue weighted by Gasteiger charge is -2.14. The second-order valence-electron chi connectivity index (χ2n) is 6.45. The highest BCUT2D eigenvalue weighted by molar-refractivity contribution is 9.11. The van der Waals surface area contributed by atoms with Gasteiger partial charge in [-0.25, -0.2) is 4.98 Å². The summed E-state index contributed by atoms with van der Waals surface area (Å²) in [6, 6.07) is 9.65. The first-order valence-electron chi connectivity index (χ1n) is 8.60. The van der Waals surface area contributed by atoms with E-state index in [2.05, 4.69) is 52.3 Å². The molecule has 1 fully saturated rings. The zero-order valence-electron chi connectivity index (χ0n) is 14.7. The molecule has 0 saturated carbocycles. The Bertz CT molecular complexity index is 1010. The quantitative estimate of drug-likeness (QED) is 0.360. The third-order valence-electron chi connectivity index (χ3n) is 4.53. The standard InChI is InChI=1S/C18H17Br2N7O/c19-12-2-3-13(20)14(7-12)24-15-4-1-10(8-23-15)16-25-17(28-26-16)11-5-6-27(9-11)18(21)22/h1-4,7-8,11H,5-6,9H2,(H3,21,22)(H,23,24). The largest absolute Gasteiger partial charge is 0.370 e. The van der Waals surface area contributed by atoms with Crippen LogP contribution in [0.15, 0.2) is 50.0 Å². The molecule has 2 aromatic heterocycles. The van der Waals surface area contributed by atoms with Gasteiger partial charge in [0.1, 0.15) is 5.82 Å². The van der Waals surface area contributed by atoms with E-state index in [4.69, 9.17) is 15.7 Å². The number of halogens is 2. The molecule has 4 rings (SSSR count). The van der Waals surface area contributed by atoms with Crippen LogP contribution in [0, 0.1) is 5.41 Å². The molecule has 10 heteroatoms. The molecule has 144 valence electrons. The molecule has 1 unspecified atom stereocenters. The molecule has 0 amide bonds. The van der Waals surface area contributed by atoms with Crippen LogP contribution < -0.4 is 11.1 Å². The average molecular weight is 507 g/mol. The molecule has 0 aliphatic carbocycles. The Morgan fingerprint density at radius 2 is 2.14 bits per heavy atom. The van der Waals surface area contributed by atoms with Crippen LogP contribution in [0.1, 0.15) is 18.2 Å². The van der Waals surface area contributed by atoms with Crippen molar-refractivity contribution in [3.63, 3.8) is 0 Å². The first-order chi connectivity index (χ1) is 13.5. The number of hydrogen-bond acceptors (Lipinski definition) is 6. The summed E-state index contributed by atoms with van der Waals surface area (Å²) in [5, 5.41) is 14.9. The second-order valence-corrected chi connectivity index (χ2v) is 8.22. The van der Waals surface area contributed by atoms with Crippen LogP contribution in [-0.4, -0.2) is 39.1 Å². The Morgan fingerprint density at radius 3 is 2.86 bits per heavy atom. The predicted octanol–water partition coefficient (Wildman–Crippen LogP) is 4.08. The molecular formula is C18H17Br2N7O. The molecule has 1 saturated heterocycles. The van der Waals surface area contributed by atoms with Crippen LogP contribution in [0.25, 0.3) is 11.4 Å². The molecule has 1 atom stereocenters. The monoisotopic (exact) mass is 505 g/mol. The number of nitrogens with zero attached hydrogens (tertiary/aromatic N) is 4. The number of anilines is 2. The van der Waals surface area contributed by atoms with E-state index in [1.165, 1.54) is 0 Å². The Kier molecular flexibility index (Phi) is 5.31. The Labute approximate surface area is 178 Å². The second kappa shape index (κ2) is 7.88. The lowest BCUT2D eigenvalue weighted by molar-refractivity contribution is 0.354. The smallest absolute Gasteiger partial charge is 0.231 e. The van der Waals surface area contributed by atoms with Crippen molar-refractivity contribution in [2.24, 2.45) is 5.73 Å². The summed E-state index contributed by atoms with van der Waals surface area (Å²) in [4.78, 5) is 10.7. The van der Waals surface area contributed by atoms with Gasteiger partial charge in [0.15, 0.2) is 5.96 Å². The molecule has 28 heavy (non-hydrogen) atoms. The first-order valence-corrected chi connectivity index (χ1v) is 10.2. The van der Waals surface area contributed by atoms with Gasteiger partial charge in [0.2, 0.25) is 11.7 Å². The molecule has 1 aliphatic heterocycles. The van der Waals surface area contributed by atoms with Crippen LogP contribution in [0.5, 0.6) is 0 Å². The summed E-state index contributed by atoms with van der Waals surface area (Å²) in [7, 11) is 0. The highest BCUT2D eigenvalue weighted by Crippen LogP contribution is 2.30. The van der Waals surface area contributed by atoms with Gasteiger partial charge >= 0.3 is 0 Å². The van der Waals surface area contributed by atoms with E-state index < -0.39 is 0 Å². The third-order valence-corrected chi connectivity index (χ3v) is 5.72.